The van der Waals surface area contributed by atoms with Crippen molar-refractivity contribution >= 4 is 5.97 Å². The minimum absolute atomic E-state index is 0.0313. The van der Waals surface area contributed by atoms with Crippen LogP contribution in [0.4, 0.5) is 8.78 Å². The summed E-state index contributed by atoms with van der Waals surface area (Å²) in [7, 11) is 0. The number of ether oxygens (including phenoxy) is 1. The zero-order chi connectivity index (χ0) is 22.0. The van der Waals surface area contributed by atoms with E-state index in [1.54, 1.807) is 12.1 Å². The van der Waals surface area contributed by atoms with Crippen molar-refractivity contribution in [1.82, 2.24) is 0 Å². The number of carbonyl (C=O) groups excluding carboxylic acids is 1. The van der Waals surface area contributed by atoms with Crippen LogP contribution in [0.2, 0.25) is 0 Å². The van der Waals surface area contributed by atoms with Gasteiger partial charge in [0.15, 0.2) is 0 Å². The van der Waals surface area contributed by atoms with Crippen molar-refractivity contribution in [3.8, 4) is 5.75 Å². The van der Waals surface area contributed by atoms with Gasteiger partial charge in [-0.3, -0.25) is 4.79 Å². The Morgan fingerprint density at radius 2 is 1.74 bits per heavy atom. The Morgan fingerprint density at radius 1 is 1.00 bits per heavy atom. The van der Waals surface area contributed by atoms with Gasteiger partial charge in [0.2, 0.25) is 0 Å². The second kappa shape index (κ2) is 7.15. The summed E-state index contributed by atoms with van der Waals surface area (Å²) in [5.74, 6) is 1.03. The SMILES string of the molecule is CC(=O)Oc1ccc2c(c1)CC[C@@H]1[C@@H]2CC[C@@]2(C)[C@H]1CC[C@]2(C)c1cc(F)cc(F)c1. The van der Waals surface area contributed by atoms with Crippen LogP contribution in [-0.2, 0) is 16.6 Å². The van der Waals surface area contributed by atoms with Crippen LogP contribution in [0, 0.1) is 28.9 Å². The molecule has 2 fully saturated rings. The number of hydrogen-bond donors (Lipinski definition) is 0. The van der Waals surface area contributed by atoms with Crippen LogP contribution >= 0.6 is 0 Å². The van der Waals surface area contributed by atoms with E-state index in [0.29, 0.717) is 23.5 Å². The number of fused-ring (bicyclic) bond motifs is 5. The number of esters is 1. The summed E-state index contributed by atoms with van der Waals surface area (Å²) in [4.78, 5) is 11.3. The zero-order valence-corrected chi connectivity index (χ0v) is 18.5. The molecule has 0 bridgehead atoms. The van der Waals surface area contributed by atoms with E-state index < -0.39 is 11.6 Å². The molecule has 0 aromatic heterocycles. The summed E-state index contributed by atoms with van der Waals surface area (Å²) in [6.07, 6.45) is 6.33. The summed E-state index contributed by atoms with van der Waals surface area (Å²) >= 11 is 0. The highest BCUT2D eigenvalue weighted by Gasteiger charge is 2.60. The lowest BCUT2D eigenvalue weighted by Gasteiger charge is -2.54. The summed E-state index contributed by atoms with van der Waals surface area (Å²) < 4.78 is 33.4. The summed E-state index contributed by atoms with van der Waals surface area (Å²) in [6, 6.07) is 10.2. The van der Waals surface area contributed by atoms with Gasteiger partial charge in [-0.05, 0) is 108 Å². The molecule has 5 rings (SSSR count). The Labute approximate surface area is 183 Å². The summed E-state index contributed by atoms with van der Waals surface area (Å²) in [6.45, 7) is 6.02. The summed E-state index contributed by atoms with van der Waals surface area (Å²) in [5.41, 5.74) is 3.33. The average molecular weight is 425 g/mol. The Balaban J connectivity index is 1.47. The van der Waals surface area contributed by atoms with Crippen LogP contribution in [0.1, 0.15) is 75.5 Å². The van der Waals surface area contributed by atoms with E-state index in [2.05, 4.69) is 19.9 Å². The first-order valence-electron chi connectivity index (χ1n) is 11.5. The van der Waals surface area contributed by atoms with Gasteiger partial charge in [-0.2, -0.15) is 0 Å². The number of carbonyl (C=O) groups is 1. The molecule has 0 unspecified atom stereocenters. The van der Waals surface area contributed by atoms with Crippen molar-refractivity contribution in [2.45, 2.75) is 70.6 Å². The highest BCUT2D eigenvalue weighted by atomic mass is 19.1. The lowest BCUT2D eigenvalue weighted by atomic mass is 9.50. The molecule has 0 spiro atoms. The molecule has 0 N–H and O–H groups in total. The fourth-order valence-corrected chi connectivity index (χ4v) is 7.40. The minimum Gasteiger partial charge on any atom is -0.427 e. The standard InChI is InChI=1S/C27H30F2O2/c1-16(30)31-21-5-7-22-17(12-21)4-6-24-23(22)8-10-27(3)25(24)9-11-26(27,2)18-13-19(28)15-20(29)14-18/h5,7,12-15,23-25H,4,6,8-11H2,1-3H3/t23-,24-,25+,26-,27+/m1/s1. The predicted octanol–water partition coefficient (Wildman–Crippen LogP) is 6.70. The van der Waals surface area contributed by atoms with Gasteiger partial charge in [0.1, 0.15) is 17.4 Å². The maximum Gasteiger partial charge on any atom is 0.308 e. The van der Waals surface area contributed by atoms with Gasteiger partial charge in [0, 0.05) is 13.0 Å². The highest BCUT2D eigenvalue weighted by molar-refractivity contribution is 5.69. The quantitative estimate of drug-likeness (QED) is 0.396. The largest absolute Gasteiger partial charge is 0.427 e. The molecule has 2 nitrogen and oxygen atoms in total. The molecule has 0 saturated heterocycles. The second-order valence-corrected chi connectivity index (χ2v) is 10.4. The van der Waals surface area contributed by atoms with Gasteiger partial charge in [0.05, 0.1) is 0 Å². The second-order valence-electron chi connectivity index (χ2n) is 10.4. The number of hydrogen-bond acceptors (Lipinski definition) is 2. The Bertz CT molecular complexity index is 1030. The third-order valence-corrected chi connectivity index (χ3v) is 9.06. The molecule has 2 aromatic rings. The lowest BCUT2D eigenvalue weighted by Crippen LogP contribution is -2.48. The van der Waals surface area contributed by atoms with E-state index in [1.165, 1.54) is 18.1 Å². The molecule has 5 atom stereocenters. The summed E-state index contributed by atoms with van der Waals surface area (Å²) in [5, 5.41) is 0. The minimum atomic E-state index is -0.480. The van der Waals surface area contributed by atoms with E-state index in [4.69, 9.17) is 4.74 Å². The van der Waals surface area contributed by atoms with Gasteiger partial charge in [-0.1, -0.05) is 19.9 Å². The number of halogens is 2. The highest BCUT2D eigenvalue weighted by Crippen LogP contribution is 2.67. The Kier molecular flexibility index (Phi) is 4.76. The Hall–Kier alpha value is -2.23. The molecule has 0 amide bonds. The number of benzene rings is 2. The van der Waals surface area contributed by atoms with Gasteiger partial charge in [0.25, 0.3) is 0 Å². The van der Waals surface area contributed by atoms with Crippen molar-refractivity contribution in [1.29, 1.82) is 0 Å². The first kappa shape index (κ1) is 20.7. The van der Waals surface area contributed by atoms with Crippen LogP contribution in [-0.4, -0.2) is 5.97 Å². The van der Waals surface area contributed by atoms with Crippen LogP contribution in [0.3, 0.4) is 0 Å². The van der Waals surface area contributed by atoms with Crippen molar-refractivity contribution in [2.75, 3.05) is 0 Å². The first-order valence-corrected chi connectivity index (χ1v) is 11.5. The molecule has 164 valence electrons. The third-order valence-electron chi connectivity index (χ3n) is 9.06. The molecule has 4 heteroatoms. The van der Waals surface area contributed by atoms with Crippen molar-refractivity contribution < 1.29 is 18.3 Å². The van der Waals surface area contributed by atoms with Crippen LogP contribution in [0.5, 0.6) is 5.75 Å². The van der Waals surface area contributed by atoms with E-state index in [-0.39, 0.29) is 16.8 Å². The number of rotatable bonds is 2. The first-order chi connectivity index (χ1) is 14.7. The molecule has 31 heavy (non-hydrogen) atoms. The smallest absolute Gasteiger partial charge is 0.308 e. The molecule has 3 aliphatic rings. The normalized spacial score (nSPS) is 33.9. The van der Waals surface area contributed by atoms with E-state index in [1.807, 2.05) is 12.1 Å². The van der Waals surface area contributed by atoms with E-state index in [9.17, 15) is 13.6 Å². The molecule has 0 aliphatic heterocycles. The van der Waals surface area contributed by atoms with Crippen molar-refractivity contribution in [3.05, 3.63) is 64.7 Å². The number of aryl methyl sites for hydroxylation is 1. The molecule has 0 heterocycles. The van der Waals surface area contributed by atoms with Crippen molar-refractivity contribution in [2.24, 2.45) is 17.3 Å². The molecule has 2 saturated carbocycles. The fraction of sp³-hybridized carbons (Fsp3) is 0.519. The van der Waals surface area contributed by atoms with Gasteiger partial charge < -0.3 is 4.74 Å². The molecule has 2 aromatic carbocycles. The molecule has 3 aliphatic carbocycles. The molecular weight excluding hydrogens is 394 g/mol. The van der Waals surface area contributed by atoms with Crippen LogP contribution < -0.4 is 4.74 Å². The molecule has 0 radical (unpaired) electrons. The molecular formula is C27H30F2O2. The maximum atomic E-state index is 14.1. The zero-order valence-electron chi connectivity index (χ0n) is 18.5. The van der Waals surface area contributed by atoms with Crippen LogP contribution in [0.15, 0.2) is 36.4 Å². The van der Waals surface area contributed by atoms with Gasteiger partial charge in [-0.15, -0.1) is 0 Å². The lowest BCUT2D eigenvalue weighted by molar-refractivity contribution is -0.131. The predicted molar refractivity (Wildman–Crippen MR) is 116 cm³/mol. The van der Waals surface area contributed by atoms with Crippen LogP contribution in [0.25, 0.3) is 0 Å². The fourth-order valence-electron chi connectivity index (χ4n) is 7.40. The van der Waals surface area contributed by atoms with Gasteiger partial charge >= 0.3 is 5.97 Å². The average Bonchev–Trinajstić information content (AvgIpc) is 2.98. The van der Waals surface area contributed by atoms with E-state index >= 15 is 0 Å². The van der Waals surface area contributed by atoms with E-state index in [0.717, 1.165) is 50.2 Å². The topological polar surface area (TPSA) is 26.3 Å². The third kappa shape index (κ3) is 3.13. The maximum absolute atomic E-state index is 14.1. The monoisotopic (exact) mass is 424 g/mol. The Morgan fingerprint density at radius 3 is 2.45 bits per heavy atom. The van der Waals surface area contributed by atoms with Gasteiger partial charge in [-0.25, -0.2) is 8.78 Å². The van der Waals surface area contributed by atoms with Crippen molar-refractivity contribution in [3.63, 3.8) is 0 Å².